The lowest BCUT2D eigenvalue weighted by atomic mass is 9.67. The predicted molar refractivity (Wildman–Crippen MR) is 103 cm³/mol. The summed E-state index contributed by atoms with van der Waals surface area (Å²) >= 11 is 0. The second-order valence-corrected chi connectivity index (χ2v) is 6.95. The van der Waals surface area contributed by atoms with Crippen LogP contribution in [0.1, 0.15) is 44.3 Å². The predicted octanol–water partition coefficient (Wildman–Crippen LogP) is 3.28. The number of nitrogens with zero attached hydrogens (tertiary/aromatic N) is 1. The molecule has 26 heavy (non-hydrogen) atoms. The van der Waals surface area contributed by atoms with Crippen LogP contribution in [0.5, 0.6) is 0 Å². The summed E-state index contributed by atoms with van der Waals surface area (Å²) in [5.41, 5.74) is 1.23. The van der Waals surface area contributed by atoms with Crippen LogP contribution in [-0.2, 0) is 9.47 Å². The number of rotatable bonds is 10. The zero-order chi connectivity index (χ0) is 18.8. The van der Waals surface area contributed by atoms with Gasteiger partial charge >= 0.3 is 0 Å². The fraction of sp³-hybridized carbons (Fsp3) is 0.650. The van der Waals surface area contributed by atoms with Crippen molar-refractivity contribution >= 4 is 5.96 Å². The van der Waals surface area contributed by atoms with Crippen molar-refractivity contribution in [3.05, 3.63) is 35.6 Å². The molecule has 2 rings (SSSR count). The third-order valence-corrected chi connectivity index (χ3v) is 5.15. The molecule has 0 amide bonds. The lowest BCUT2D eigenvalue weighted by Crippen LogP contribution is -2.41. The Balaban J connectivity index is 1.94. The Morgan fingerprint density at radius 2 is 1.96 bits per heavy atom. The van der Waals surface area contributed by atoms with Gasteiger partial charge in [0.15, 0.2) is 5.96 Å². The van der Waals surface area contributed by atoms with Gasteiger partial charge in [-0.15, -0.1) is 0 Å². The number of ether oxygens (including phenoxy) is 2. The Labute approximate surface area is 156 Å². The molecule has 1 unspecified atom stereocenters. The number of benzene rings is 1. The summed E-state index contributed by atoms with van der Waals surface area (Å²) in [6, 6.07) is 6.42. The van der Waals surface area contributed by atoms with E-state index in [4.69, 9.17) is 14.5 Å². The Morgan fingerprint density at radius 1 is 1.23 bits per heavy atom. The molecule has 0 aromatic heterocycles. The van der Waals surface area contributed by atoms with Crippen molar-refractivity contribution in [3.63, 3.8) is 0 Å². The summed E-state index contributed by atoms with van der Waals surface area (Å²) in [5.74, 6) is 0.550. The van der Waals surface area contributed by atoms with Gasteiger partial charge in [-0.25, -0.2) is 4.39 Å². The zero-order valence-electron chi connectivity index (χ0n) is 16.2. The number of aliphatic imine (C=N–C) groups is 1. The van der Waals surface area contributed by atoms with Crippen LogP contribution in [0, 0.1) is 11.2 Å². The molecule has 1 aromatic carbocycles. The molecule has 2 N–H and O–H groups in total. The van der Waals surface area contributed by atoms with Crippen LogP contribution < -0.4 is 10.6 Å². The first-order valence-corrected chi connectivity index (χ1v) is 9.42. The second-order valence-electron chi connectivity index (χ2n) is 6.95. The van der Waals surface area contributed by atoms with E-state index in [0.717, 1.165) is 37.6 Å². The minimum Gasteiger partial charge on any atom is -0.385 e. The molecule has 6 heteroatoms. The monoisotopic (exact) mass is 365 g/mol. The minimum atomic E-state index is -0.242. The van der Waals surface area contributed by atoms with E-state index in [-0.39, 0.29) is 17.3 Å². The van der Waals surface area contributed by atoms with Crippen molar-refractivity contribution in [2.75, 3.05) is 40.5 Å². The molecule has 1 aliphatic rings. The summed E-state index contributed by atoms with van der Waals surface area (Å²) in [4.78, 5) is 4.80. The van der Waals surface area contributed by atoms with Gasteiger partial charge in [0.1, 0.15) is 5.82 Å². The maximum Gasteiger partial charge on any atom is 0.191 e. The summed E-state index contributed by atoms with van der Waals surface area (Å²) in [5, 5.41) is 6.64. The van der Waals surface area contributed by atoms with E-state index in [9.17, 15) is 4.39 Å². The maximum atomic E-state index is 13.1. The standard InChI is InChI=1S/C20H32FN3O2/c1-4-22-19(24-15-20(10-5-11-20)12-13-25-2)23-14-18(26-3)16-6-8-17(21)9-7-16/h6-9,18H,4-5,10-15H2,1-3H3,(H2,22,23,24). The topological polar surface area (TPSA) is 54.9 Å². The average molecular weight is 365 g/mol. The lowest BCUT2D eigenvalue weighted by molar-refractivity contribution is 0.0777. The van der Waals surface area contributed by atoms with Crippen LogP contribution in [0.15, 0.2) is 29.3 Å². The van der Waals surface area contributed by atoms with Crippen LogP contribution in [0.4, 0.5) is 4.39 Å². The van der Waals surface area contributed by atoms with Gasteiger partial charge in [-0.1, -0.05) is 18.6 Å². The van der Waals surface area contributed by atoms with E-state index < -0.39 is 0 Å². The van der Waals surface area contributed by atoms with Gasteiger partial charge in [0.05, 0.1) is 6.10 Å². The summed E-state index contributed by atoms with van der Waals surface area (Å²) < 4.78 is 23.9. The Morgan fingerprint density at radius 3 is 2.50 bits per heavy atom. The third kappa shape index (κ3) is 5.95. The van der Waals surface area contributed by atoms with E-state index in [1.807, 2.05) is 0 Å². The van der Waals surface area contributed by atoms with Gasteiger partial charge in [0, 0.05) is 40.5 Å². The number of halogens is 1. The quantitative estimate of drug-likeness (QED) is 0.494. The van der Waals surface area contributed by atoms with Crippen molar-refractivity contribution in [2.45, 2.75) is 38.7 Å². The average Bonchev–Trinajstić information content (AvgIpc) is 2.62. The van der Waals surface area contributed by atoms with Crippen LogP contribution >= 0.6 is 0 Å². The summed E-state index contributed by atoms with van der Waals surface area (Å²) in [7, 11) is 3.41. The molecule has 146 valence electrons. The minimum absolute atomic E-state index is 0.161. The van der Waals surface area contributed by atoms with E-state index in [1.165, 1.54) is 31.4 Å². The molecule has 1 aliphatic carbocycles. The molecule has 0 spiro atoms. The van der Waals surface area contributed by atoms with Gasteiger partial charge in [0.2, 0.25) is 0 Å². The normalized spacial score (nSPS) is 17.5. The Hall–Kier alpha value is -1.66. The third-order valence-electron chi connectivity index (χ3n) is 5.15. The van der Waals surface area contributed by atoms with Crippen molar-refractivity contribution in [1.29, 1.82) is 0 Å². The molecule has 1 saturated carbocycles. The molecule has 0 heterocycles. The SMILES string of the molecule is CCNC(=NCC1(CCOC)CCC1)NCC(OC)c1ccc(F)cc1. The number of nitrogens with one attached hydrogen (secondary N) is 2. The van der Waals surface area contributed by atoms with E-state index >= 15 is 0 Å². The molecule has 0 saturated heterocycles. The maximum absolute atomic E-state index is 13.1. The second kappa shape index (κ2) is 10.5. The number of hydrogen-bond acceptors (Lipinski definition) is 3. The lowest BCUT2D eigenvalue weighted by Gasteiger charge is -2.40. The zero-order valence-corrected chi connectivity index (χ0v) is 16.2. The van der Waals surface area contributed by atoms with Gasteiger partial charge in [-0.3, -0.25) is 4.99 Å². The van der Waals surface area contributed by atoms with Gasteiger partial charge in [-0.05, 0) is 49.3 Å². The first-order valence-electron chi connectivity index (χ1n) is 9.42. The molecule has 5 nitrogen and oxygen atoms in total. The first-order chi connectivity index (χ1) is 12.6. The Kier molecular flexibility index (Phi) is 8.32. The van der Waals surface area contributed by atoms with Crippen molar-refractivity contribution in [2.24, 2.45) is 10.4 Å². The molecular formula is C20H32FN3O2. The summed E-state index contributed by atoms with van der Waals surface area (Å²) in [6.07, 6.45) is 4.61. The number of hydrogen-bond donors (Lipinski definition) is 2. The van der Waals surface area contributed by atoms with E-state index in [0.29, 0.717) is 6.54 Å². The number of guanidine groups is 1. The van der Waals surface area contributed by atoms with Gasteiger partial charge < -0.3 is 20.1 Å². The van der Waals surface area contributed by atoms with Crippen LogP contribution in [-0.4, -0.2) is 46.4 Å². The molecule has 1 fully saturated rings. The van der Waals surface area contributed by atoms with Gasteiger partial charge in [-0.2, -0.15) is 0 Å². The van der Waals surface area contributed by atoms with Crippen LogP contribution in [0.25, 0.3) is 0 Å². The Bertz CT molecular complexity index is 559. The highest BCUT2D eigenvalue weighted by molar-refractivity contribution is 5.79. The highest BCUT2D eigenvalue weighted by Gasteiger charge is 2.36. The van der Waals surface area contributed by atoms with Crippen molar-refractivity contribution in [1.82, 2.24) is 10.6 Å². The molecule has 0 aliphatic heterocycles. The fourth-order valence-electron chi connectivity index (χ4n) is 3.28. The van der Waals surface area contributed by atoms with E-state index in [1.54, 1.807) is 26.4 Å². The largest absolute Gasteiger partial charge is 0.385 e. The summed E-state index contributed by atoms with van der Waals surface area (Å²) in [6.45, 7) is 5.01. The highest BCUT2D eigenvalue weighted by atomic mass is 19.1. The molecule has 0 radical (unpaired) electrons. The van der Waals surface area contributed by atoms with E-state index in [2.05, 4.69) is 17.6 Å². The number of methoxy groups -OCH3 is 2. The smallest absolute Gasteiger partial charge is 0.191 e. The molecule has 1 aromatic rings. The first kappa shape index (κ1) is 20.6. The van der Waals surface area contributed by atoms with Crippen molar-refractivity contribution < 1.29 is 13.9 Å². The fourth-order valence-corrected chi connectivity index (χ4v) is 3.28. The molecular weight excluding hydrogens is 333 g/mol. The molecule has 0 bridgehead atoms. The van der Waals surface area contributed by atoms with Crippen LogP contribution in [0.3, 0.4) is 0 Å². The van der Waals surface area contributed by atoms with Crippen molar-refractivity contribution in [3.8, 4) is 0 Å². The highest BCUT2D eigenvalue weighted by Crippen LogP contribution is 2.44. The molecule has 1 atom stereocenters. The van der Waals surface area contributed by atoms with Crippen LogP contribution in [0.2, 0.25) is 0 Å². The van der Waals surface area contributed by atoms with Gasteiger partial charge in [0.25, 0.3) is 0 Å².